The molecular weight excluding hydrogens is 236 g/mol. The van der Waals surface area contributed by atoms with Gasteiger partial charge in [-0.05, 0) is 54.8 Å². The molecule has 0 saturated heterocycles. The molecule has 0 aliphatic rings. The number of phenols is 1. The highest BCUT2D eigenvalue weighted by atomic mass is 16.3. The SMILES string of the molecule is CCCCc1cccc(N=Nc2ccc(O)cc2)c1. The van der Waals surface area contributed by atoms with Crippen LogP contribution in [-0.2, 0) is 6.42 Å². The Morgan fingerprint density at radius 3 is 2.42 bits per heavy atom. The number of aromatic hydroxyl groups is 1. The molecule has 0 atom stereocenters. The smallest absolute Gasteiger partial charge is 0.115 e. The van der Waals surface area contributed by atoms with E-state index in [2.05, 4.69) is 29.3 Å². The second-order valence-corrected chi connectivity index (χ2v) is 4.49. The number of aryl methyl sites for hydroxylation is 1. The van der Waals surface area contributed by atoms with Crippen molar-refractivity contribution < 1.29 is 5.11 Å². The van der Waals surface area contributed by atoms with Crippen LogP contribution in [0.3, 0.4) is 0 Å². The van der Waals surface area contributed by atoms with Gasteiger partial charge in [0.2, 0.25) is 0 Å². The number of hydrogen-bond acceptors (Lipinski definition) is 3. The maximum Gasteiger partial charge on any atom is 0.115 e. The van der Waals surface area contributed by atoms with Crippen LogP contribution < -0.4 is 0 Å². The molecule has 0 unspecified atom stereocenters. The Morgan fingerprint density at radius 1 is 0.947 bits per heavy atom. The second kappa shape index (κ2) is 6.69. The molecule has 0 amide bonds. The highest BCUT2D eigenvalue weighted by Gasteiger charge is 1.95. The Hall–Kier alpha value is -2.16. The Kier molecular flexibility index (Phi) is 4.67. The third kappa shape index (κ3) is 4.21. The van der Waals surface area contributed by atoms with E-state index in [1.807, 2.05) is 12.1 Å². The lowest BCUT2D eigenvalue weighted by molar-refractivity contribution is 0.475. The summed E-state index contributed by atoms with van der Waals surface area (Å²) in [6.07, 6.45) is 3.47. The first-order valence-corrected chi connectivity index (χ1v) is 6.57. The molecule has 3 nitrogen and oxygen atoms in total. The van der Waals surface area contributed by atoms with Gasteiger partial charge in [0.25, 0.3) is 0 Å². The second-order valence-electron chi connectivity index (χ2n) is 4.49. The van der Waals surface area contributed by atoms with E-state index in [0.717, 1.165) is 17.8 Å². The summed E-state index contributed by atoms with van der Waals surface area (Å²) in [7, 11) is 0. The Morgan fingerprint density at radius 2 is 1.68 bits per heavy atom. The van der Waals surface area contributed by atoms with E-state index in [0.29, 0.717) is 0 Å². The van der Waals surface area contributed by atoms with Crippen LogP contribution in [0.25, 0.3) is 0 Å². The van der Waals surface area contributed by atoms with E-state index in [9.17, 15) is 5.11 Å². The molecule has 1 N–H and O–H groups in total. The predicted octanol–water partition coefficient (Wildman–Crippen LogP) is 5.15. The monoisotopic (exact) mass is 254 g/mol. The van der Waals surface area contributed by atoms with Gasteiger partial charge < -0.3 is 5.11 Å². The molecule has 0 aliphatic heterocycles. The minimum Gasteiger partial charge on any atom is -0.508 e. The third-order valence-electron chi connectivity index (χ3n) is 2.86. The molecule has 2 aromatic carbocycles. The van der Waals surface area contributed by atoms with Crippen molar-refractivity contribution in [1.29, 1.82) is 0 Å². The summed E-state index contributed by atoms with van der Waals surface area (Å²) in [6.45, 7) is 2.19. The van der Waals surface area contributed by atoms with Crippen molar-refractivity contribution in [2.24, 2.45) is 10.2 Å². The minimum atomic E-state index is 0.237. The number of azo groups is 1. The molecule has 3 heteroatoms. The maximum atomic E-state index is 9.19. The molecule has 0 spiro atoms. The van der Waals surface area contributed by atoms with Gasteiger partial charge in [0.05, 0.1) is 11.4 Å². The van der Waals surface area contributed by atoms with E-state index in [4.69, 9.17) is 0 Å². The number of phenolic OH excluding ortho intramolecular Hbond substituents is 1. The average molecular weight is 254 g/mol. The van der Waals surface area contributed by atoms with Crippen LogP contribution in [0.4, 0.5) is 11.4 Å². The van der Waals surface area contributed by atoms with Crippen molar-refractivity contribution in [3.63, 3.8) is 0 Å². The van der Waals surface area contributed by atoms with Gasteiger partial charge in [-0.3, -0.25) is 0 Å². The summed E-state index contributed by atoms with van der Waals surface area (Å²) in [5.74, 6) is 0.237. The lowest BCUT2D eigenvalue weighted by atomic mass is 10.1. The van der Waals surface area contributed by atoms with Crippen molar-refractivity contribution in [2.45, 2.75) is 26.2 Å². The Balaban J connectivity index is 2.07. The lowest BCUT2D eigenvalue weighted by Gasteiger charge is -2.00. The summed E-state index contributed by atoms with van der Waals surface area (Å²) in [6, 6.07) is 14.8. The van der Waals surface area contributed by atoms with Crippen molar-refractivity contribution >= 4 is 11.4 Å². The summed E-state index contributed by atoms with van der Waals surface area (Å²) in [4.78, 5) is 0. The van der Waals surface area contributed by atoms with Crippen LogP contribution in [0, 0.1) is 0 Å². The van der Waals surface area contributed by atoms with Crippen molar-refractivity contribution in [2.75, 3.05) is 0 Å². The number of unbranched alkanes of at least 4 members (excludes halogenated alkanes) is 1. The van der Waals surface area contributed by atoms with E-state index in [1.165, 1.54) is 18.4 Å². The molecule has 0 heterocycles. The van der Waals surface area contributed by atoms with Crippen LogP contribution in [0.2, 0.25) is 0 Å². The van der Waals surface area contributed by atoms with Crippen molar-refractivity contribution in [1.82, 2.24) is 0 Å². The van der Waals surface area contributed by atoms with E-state index in [1.54, 1.807) is 24.3 Å². The van der Waals surface area contributed by atoms with Crippen LogP contribution in [0.1, 0.15) is 25.3 Å². The van der Waals surface area contributed by atoms with Crippen LogP contribution in [-0.4, -0.2) is 5.11 Å². The maximum absolute atomic E-state index is 9.19. The molecule has 0 fully saturated rings. The average Bonchev–Trinajstić information content (AvgIpc) is 2.45. The Labute approximate surface area is 113 Å². The third-order valence-corrected chi connectivity index (χ3v) is 2.86. The van der Waals surface area contributed by atoms with E-state index < -0.39 is 0 Å². The van der Waals surface area contributed by atoms with Crippen molar-refractivity contribution in [3.8, 4) is 5.75 Å². The first-order valence-electron chi connectivity index (χ1n) is 6.57. The molecule has 0 aromatic heterocycles. The van der Waals surface area contributed by atoms with Gasteiger partial charge in [-0.2, -0.15) is 10.2 Å². The molecule has 98 valence electrons. The fourth-order valence-corrected chi connectivity index (χ4v) is 1.79. The fourth-order valence-electron chi connectivity index (χ4n) is 1.79. The first-order chi connectivity index (χ1) is 9.28. The predicted molar refractivity (Wildman–Crippen MR) is 77.3 cm³/mol. The van der Waals surface area contributed by atoms with Crippen LogP contribution in [0.5, 0.6) is 5.75 Å². The zero-order valence-electron chi connectivity index (χ0n) is 11.1. The summed E-state index contributed by atoms with van der Waals surface area (Å²) < 4.78 is 0. The molecule has 0 radical (unpaired) electrons. The van der Waals surface area contributed by atoms with Gasteiger partial charge in [-0.1, -0.05) is 25.5 Å². The van der Waals surface area contributed by atoms with Gasteiger partial charge in [-0.15, -0.1) is 0 Å². The molecule has 2 aromatic rings. The van der Waals surface area contributed by atoms with Gasteiger partial charge in [0, 0.05) is 0 Å². The zero-order chi connectivity index (χ0) is 13.5. The van der Waals surface area contributed by atoms with Crippen LogP contribution >= 0.6 is 0 Å². The van der Waals surface area contributed by atoms with Gasteiger partial charge >= 0.3 is 0 Å². The normalized spacial score (nSPS) is 11.0. The zero-order valence-corrected chi connectivity index (χ0v) is 11.1. The Bertz CT molecular complexity index is 547. The number of nitrogens with zero attached hydrogens (tertiary/aromatic N) is 2. The number of hydrogen-bond donors (Lipinski definition) is 1. The largest absolute Gasteiger partial charge is 0.508 e. The van der Waals surface area contributed by atoms with E-state index >= 15 is 0 Å². The summed E-state index contributed by atoms with van der Waals surface area (Å²) in [5, 5.41) is 17.6. The topological polar surface area (TPSA) is 45.0 Å². The standard InChI is InChI=1S/C16H18N2O/c1-2-3-5-13-6-4-7-15(12-13)18-17-14-8-10-16(19)11-9-14/h4,6-12,19H,2-3,5H2,1H3. The van der Waals surface area contributed by atoms with Gasteiger partial charge in [0.1, 0.15) is 5.75 Å². The summed E-state index contributed by atoms with van der Waals surface area (Å²) in [5.41, 5.74) is 2.89. The quantitative estimate of drug-likeness (QED) is 0.737. The molecule has 0 saturated carbocycles. The highest BCUT2D eigenvalue weighted by Crippen LogP contribution is 2.21. The molecule has 19 heavy (non-hydrogen) atoms. The van der Waals surface area contributed by atoms with Crippen molar-refractivity contribution in [3.05, 3.63) is 54.1 Å². The molecule has 2 rings (SSSR count). The van der Waals surface area contributed by atoms with E-state index in [-0.39, 0.29) is 5.75 Å². The fraction of sp³-hybridized carbons (Fsp3) is 0.250. The van der Waals surface area contributed by atoms with Gasteiger partial charge in [-0.25, -0.2) is 0 Å². The molecule has 0 bridgehead atoms. The number of benzene rings is 2. The van der Waals surface area contributed by atoms with Crippen LogP contribution in [0.15, 0.2) is 58.8 Å². The number of rotatable bonds is 5. The van der Waals surface area contributed by atoms with Gasteiger partial charge in [0.15, 0.2) is 0 Å². The molecule has 0 aliphatic carbocycles. The summed E-state index contributed by atoms with van der Waals surface area (Å²) >= 11 is 0. The minimum absolute atomic E-state index is 0.237. The lowest BCUT2D eigenvalue weighted by Crippen LogP contribution is -1.82. The first kappa shape index (κ1) is 13.3. The molecular formula is C16H18N2O. The highest BCUT2D eigenvalue weighted by molar-refractivity contribution is 5.43.